The van der Waals surface area contributed by atoms with Crippen molar-refractivity contribution < 1.29 is 24.2 Å². The number of carbonyl (C=O) groups excluding carboxylic acids is 3. The average Bonchev–Trinajstić information content (AvgIpc) is 3.79. The molecule has 4 rings (SSSR count). The fourth-order valence-electron chi connectivity index (χ4n) is 5.45. The summed E-state index contributed by atoms with van der Waals surface area (Å²) in [5.41, 5.74) is 4.26. The van der Waals surface area contributed by atoms with E-state index in [1.807, 2.05) is 79.9 Å². The number of hydrogen-bond acceptors (Lipinski definition) is 9. The normalized spacial score (nSPS) is 13.9. The number of aromatic nitrogens is 2. The molecule has 0 saturated heterocycles. The molecule has 0 spiro atoms. The van der Waals surface area contributed by atoms with E-state index in [-0.39, 0.29) is 30.3 Å². The Balaban J connectivity index is 1.46. The van der Waals surface area contributed by atoms with Crippen LogP contribution in [0.4, 0.5) is 9.59 Å². The van der Waals surface area contributed by atoms with Gasteiger partial charge in [0.25, 0.3) is 0 Å². The first-order valence-corrected chi connectivity index (χ1v) is 18.9. The molecule has 4 N–H and O–H groups in total. The van der Waals surface area contributed by atoms with E-state index in [1.165, 1.54) is 16.2 Å². The number of hydrogen-bond donors (Lipinski definition) is 4. The largest absolute Gasteiger partial charge is 0.444 e. The van der Waals surface area contributed by atoms with Crippen LogP contribution in [0.15, 0.2) is 77.8 Å². The van der Waals surface area contributed by atoms with Crippen LogP contribution in [0.5, 0.6) is 0 Å². The highest BCUT2D eigenvalue weighted by molar-refractivity contribution is 7.10. The molecule has 0 aliphatic heterocycles. The lowest BCUT2D eigenvalue weighted by Gasteiger charge is -2.30. The van der Waals surface area contributed by atoms with Crippen LogP contribution in [0.1, 0.15) is 67.7 Å². The minimum Gasteiger partial charge on any atom is -0.444 e. The monoisotopic (exact) mass is 734 g/mol. The molecular weight excluding hydrogens is 685 g/mol. The summed E-state index contributed by atoms with van der Waals surface area (Å²) in [4.78, 5) is 51.2. The van der Waals surface area contributed by atoms with Crippen LogP contribution in [0, 0.1) is 5.92 Å². The van der Waals surface area contributed by atoms with Crippen LogP contribution in [0.3, 0.4) is 0 Å². The molecule has 4 atom stereocenters. The zero-order chi connectivity index (χ0) is 37.0. The van der Waals surface area contributed by atoms with Crippen molar-refractivity contribution in [2.75, 3.05) is 7.05 Å². The Kier molecular flexibility index (Phi) is 14.5. The van der Waals surface area contributed by atoms with Gasteiger partial charge in [-0.25, -0.2) is 14.6 Å². The quantitative estimate of drug-likeness (QED) is 0.109. The van der Waals surface area contributed by atoms with Crippen LogP contribution in [0.2, 0.25) is 0 Å². The van der Waals surface area contributed by atoms with Gasteiger partial charge in [0.05, 0.1) is 39.8 Å². The lowest BCUT2D eigenvalue weighted by molar-refractivity contribution is -0.124. The van der Waals surface area contributed by atoms with Crippen LogP contribution in [0.25, 0.3) is 0 Å². The van der Waals surface area contributed by atoms with Gasteiger partial charge in [-0.1, -0.05) is 95.3 Å². The van der Waals surface area contributed by atoms with Gasteiger partial charge in [-0.3, -0.25) is 9.78 Å². The maximum Gasteiger partial charge on any atom is 0.407 e. The second-order valence-electron chi connectivity index (χ2n) is 14.1. The first-order chi connectivity index (χ1) is 24.3. The third-order valence-corrected chi connectivity index (χ3v) is 10.3. The zero-order valence-electron chi connectivity index (χ0n) is 30.2. The number of aliphatic hydroxyl groups excluding tert-OH is 1. The van der Waals surface area contributed by atoms with E-state index >= 15 is 0 Å². The first-order valence-electron chi connectivity index (χ1n) is 17.1. The van der Waals surface area contributed by atoms with E-state index in [1.54, 1.807) is 30.1 Å². The van der Waals surface area contributed by atoms with Gasteiger partial charge in [-0.2, -0.15) is 0 Å². The van der Waals surface area contributed by atoms with Crippen LogP contribution in [-0.4, -0.2) is 69.3 Å². The van der Waals surface area contributed by atoms with Gasteiger partial charge in [-0.15, -0.1) is 22.7 Å². The molecule has 11 nitrogen and oxygen atoms in total. The smallest absolute Gasteiger partial charge is 0.407 e. The Bertz CT molecular complexity index is 1660. The summed E-state index contributed by atoms with van der Waals surface area (Å²) in [6, 6.07) is 16.8. The molecular formula is C38H50N6O5S2. The van der Waals surface area contributed by atoms with Crippen molar-refractivity contribution in [3.8, 4) is 0 Å². The molecule has 0 aliphatic rings. The minimum absolute atomic E-state index is 0.0660. The van der Waals surface area contributed by atoms with E-state index in [0.29, 0.717) is 19.4 Å². The number of rotatable bonds is 16. The van der Waals surface area contributed by atoms with Gasteiger partial charge < -0.3 is 30.7 Å². The number of benzene rings is 2. The molecule has 0 fully saturated rings. The standard InChI is InChI=1S/C38H50N6O5S2/c1-25(2)33(43-36(47)44(6)21-29-23-50-35(41-29)38(3,4)5)34(46)40-28(17-26-13-9-7-10-14-26)19-32(45)31(18-27-15-11-8-12-16-27)42-37(48)49-22-30-20-39-24-51-30/h7-16,20,23-25,28,31-33,45H,17-19,21-22H2,1-6H3,(H,40,46)(H,42,48)(H,43,47)/t28-,31-,32-,33-/m0/s1. The predicted octanol–water partition coefficient (Wildman–Crippen LogP) is 6.08. The maximum absolute atomic E-state index is 13.9. The van der Waals surface area contributed by atoms with E-state index in [4.69, 9.17) is 9.72 Å². The molecule has 274 valence electrons. The number of carbonyl (C=O) groups is 3. The van der Waals surface area contributed by atoms with Gasteiger partial charge in [0, 0.05) is 30.1 Å². The fourth-order valence-corrected chi connectivity index (χ4v) is 6.85. The van der Waals surface area contributed by atoms with Crippen molar-refractivity contribution in [1.82, 2.24) is 30.8 Å². The molecule has 0 unspecified atom stereocenters. The molecule has 4 aromatic rings. The van der Waals surface area contributed by atoms with Crippen LogP contribution in [-0.2, 0) is 40.9 Å². The van der Waals surface area contributed by atoms with Crippen molar-refractivity contribution >= 4 is 40.7 Å². The van der Waals surface area contributed by atoms with Crippen molar-refractivity contribution in [3.63, 3.8) is 0 Å². The highest BCUT2D eigenvalue weighted by Crippen LogP contribution is 2.26. The SMILES string of the molecule is CC(C)[C@H](NC(=O)N(C)Cc1csc(C(C)(C)C)n1)C(=O)N[C@@H](Cc1ccccc1)C[C@H](O)[C@H](Cc1ccccc1)NC(=O)OCc1cncs1. The summed E-state index contributed by atoms with van der Waals surface area (Å²) in [5.74, 6) is -0.586. The molecule has 13 heteroatoms. The Morgan fingerprint density at radius 2 is 1.57 bits per heavy atom. The van der Waals surface area contributed by atoms with Crippen LogP contribution >= 0.6 is 22.7 Å². The summed E-state index contributed by atoms with van der Waals surface area (Å²) in [5, 5.41) is 23.5. The lowest BCUT2D eigenvalue weighted by Crippen LogP contribution is -2.55. The molecule has 51 heavy (non-hydrogen) atoms. The molecule has 2 aromatic heterocycles. The topological polar surface area (TPSA) is 146 Å². The number of nitrogens with zero attached hydrogens (tertiary/aromatic N) is 3. The number of amides is 4. The third kappa shape index (κ3) is 12.7. The Hall–Kier alpha value is -4.33. The molecule has 4 amide bonds. The van der Waals surface area contributed by atoms with Crippen molar-refractivity contribution in [1.29, 1.82) is 0 Å². The van der Waals surface area contributed by atoms with Gasteiger partial charge in [0.2, 0.25) is 5.91 Å². The van der Waals surface area contributed by atoms with Gasteiger partial charge >= 0.3 is 12.1 Å². The van der Waals surface area contributed by atoms with Gasteiger partial charge in [-0.05, 0) is 36.3 Å². The van der Waals surface area contributed by atoms with Gasteiger partial charge in [0.1, 0.15) is 12.6 Å². The number of aliphatic hydroxyl groups is 1. The third-order valence-electron chi connectivity index (χ3n) is 8.26. The molecule has 0 saturated carbocycles. The van der Waals surface area contributed by atoms with E-state index in [0.717, 1.165) is 26.7 Å². The minimum atomic E-state index is -1.05. The zero-order valence-corrected chi connectivity index (χ0v) is 31.8. The fraction of sp³-hybridized carbons (Fsp3) is 0.447. The van der Waals surface area contributed by atoms with E-state index < -0.39 is 36.4 Å². The highest BCUT2D eigenvalue weighted by Gasteiger charge is 2.31. The Labute approximate surface area is 308 Å². The highest BCUT2D eigenvalue weighted by atomic mass is 32.1. The summed E-state index contributed by atoms with van der Waals surface area (Å²) in [7, 11) is 1.68. The van der Waals surface area contributed by atoms with Crippen LogP contribution < -0.4 is 16.0 Å². The molecule has 2 aromatic carbocycles. The number of urea groups is 1. The van der Waals surface area contributed by atoms with Crippen molar-refractivity contribution in [2.24, 2.45) is 5.92 Å². The second-order valence-corrected chi connectivity index (χ2v) is 15.9. The maximum atomic E-state index is 13.9. The number of ether oxygens (including phenoxy) is 1. The summed E-state index contributed by atoms with van der Waals surface area (Å²) in [6.07, 6.45) is 0.828. The Morgan fingerprint density at radius 3 is 2.14 bits per heavy atom. The predicted molar refractivity (Wildman–Crippen MR) is 202 cm³/mol. The van der Waals surface area contributed by atoms with Crippen molar-refractivity contribution in [3.05, 3.63) is 104 Å². The molecule has 0 aliphatic carbocycles. The first kappa shape index (κ1) is 39.5. The summed E-state index contributed by atoms with van der Waals surface area (Å²) in [6.45, 7) is 10.4. The van der Waals surface area contributed by atoms with E-state index in [2.05, 4.69) is 41.7 Å². The summed E-state index contributed by atoms with van der Waals surface area (Å²) < 4.78 is 5.43. The molecule has 2 heterocycles. The van der Waals surface area contributed by atoms with Gasteiger partial charge in [0.15, 0.2) is 0 Å². The number of thiazole rings is 2. The average molecular weight is 735 g/mol. The second kappa shape index (κ2) is 18.8. The molecule has 0 radical (unpaired) electrons. The van der Waals surface area contributed by atoms with Crippen molar-refractivity contribution in [2.45, 2.75) is 96.7 Å². The number of nitrogens with one attached hydrogen (secondary N) is 3. The summed E-state index contributed by atoms with van der Waals surface area (Å²) >= 11 is 2.95. The Morgan fingerprint density at radius 1 is 0.922 bits per heavy atom. The lowest BCUT2D eigenvalue weighted by atomic mass is 9.93. The molecule has 0 bridgehead atoms. The van der Waals surface area contributed by atoms with E-state index in [9.17, 15) is 19.5 Å². The number of alkyl carbamates (subject to hydrolysis) is 1.